The van der Waals surface area contributed by atoms with E-state index in [1.54, 1.807) is 50.2 Å². The Bertz CT molecular complexity index is 1100. The number of aryl methyl sites for hydroxylation is 2. The Morgan fingerprint density at radius 3 is 2.15 bits per heavy atom. The topological polar surface area (TPSA) is 86.8 Å². The predicted octanol–water partition coefficient (Wildman–Crippen LogP) is 3.66. The third kappa shape index (κ3) is 7.47. The third-order valence-corrected chi connectivity index (χ3v) is 6.54. The molecule has 0 saturated carbocycles. The number of hydrogen-bond donors (Lipinski definition) is 1. The second-order valence-corrected chi connectivity index (χ2v) is 10.9. The number of nitrogens with one attached hydrogen (secondary N) is 1. The van der Waals surface area contributed by atoms with E-state index in [9.17, 15) is 18.0 Å². The molecule has 0 spiro atoms. The molecule has 0 aliphatic carbocycles. The number of rotatable bonds is 9. The van der Waals surface area contributed by atoms with Crippen molar-refractivity contribution in [1.29, 1.82) is 0 Å². The molecule has 2 amide bonds. The SMILES string of the molecule is Cc1ccc(N(CC(=O)N(Cc2ccc(Cl)cc2)[C@@H](C)C(=O)NC(C)C)S(C)(=O)=O)c(C)c1. The summed E-state index contributed by atoms with van der Waals surface area (Å²) < 4.78 is 26.4. The Kier molecular flexibility index (Phi) is 8.91. The van der Waals surface area contributed by atoms with Gasteiger partial charge in [-0.05, 0) is 63.9 Å². The maximum Gasteiger partial charge on any atom is 0.244 e. The first-order valence-electron chi connectivity index (χ1n) is 10.7. The van der Waals surface area contributed by atoms with E-state index < -0.39 is 28.5 Å². The summed E-state index contributed by atoms with van der Waals surface area (Å²) in [6.07, 6.45) is 1.07. The lowest BCUT2D eigenvalue weighted by Crippen LogP contribution is -2.52. The van der Waals surface area contributed by atoms with Crippen LogP contribution in [0.5, 0.6) is 0 Å². The Morgan fingerprint density at radius 2 is 1.64 bits per heavy atom. The molecule has 0 heterocycles. The van der Waals surface area contributed by atoms with Gasteiger partial charge in [0.15, 0.2) is 0 Å². The number of carbonyl (C=O) groups excluding carboxylic acids is 2. The molecule has 0 saturated heterocycles. The van der Waals surface area contributed by atoms with E-state index in [2.05, 4.69) is 5.32 Å². The van der Waals surface area contributed by atoms with Gasteiger partial charge in [0.25, 0.3) is 0 Å². The Labute approximate surface area is 201 Å². The quantitative estimate of drug-likeness (QED) is 0.577. The summed E-state index contributed by atoms with van der Waals surface area (Å²) >= 11 is 5.98. The summed E-state index contributed by atoms with van der Waals surface area (Å²) in [5.41, 5.74) is 2.93. The molecule has 0 fully saturated rings. The number of benzene rings is 2. The molecule has 0 aliphatic rings. The molecule has 0 radical (unpaired) electrons. The zero-order chi connectivity index (χ0) is 24.9. The summed E-state index contributed by atoms with van der Waals surface area (Å²) in [4.78, 5) is 27.6. The highest BCUT2D eigenvalue weighted by molar-refractivity contribution is 7.92. The van der Waals surface area contributed by atoms with E-state index in [1.807, 2.05) is 26.8 Å². The van der Waals surface area contributed by atoms with Crippen molar-refractivity contribution in [2.75, 3.05) is 17.1 Å². The van der Waals surface area contributed by atoms with Gasteiger partial charge in [-0.3, -0.25) is 13.9 Å². The van der Waals surface area contributed by atoms with Crippen LogP contribution in [0.1, 0.15) is 37.5 Å². The van der Waals surface area contributed by atoms with Crippen LogP contribution in [-0.2, 0) is 26.2 Å². The van der Waals surface area contributed by atoms with Gasteiger partial charge in [0.05, 0.1) is 11.9 Å². The summed E-state index contributed by atoms with van der Waals surface area (Å²) in [7, 11) is -3.76. The first-order valence-corrected chi connectivity index (χ1v) is 12.9. The van der Waals surface area contributed by atoms with Crippen LogP contribution >= 0.6 is 11.6 Å². The summed E-state index contributed by atoms with van der Waals surface area (Å²) in [6.45, 7) is 8.73. The van der Waals surface area contributed by atoms with Crippen LogP contribution in [0.15, 0.2) is 42.5 Å². The van der Waals surface area contributed by atoms with Crippen LogP contribution in [0.25, 0.3) is 0 Å². The minimum atomic E-state index is -3.76. The van der Waals surface area contributed by atoms with Crippen LogP contribution in [0.2, 0.25) is 5.02 Å². The van der Waals surface area contributed by atoms with Gasteiger partial charge in [0, 0.05) is 17.6 Å². The van der Waals surface area contributed by atoms with E-state index >= 15 is 0 Å². The Balaban J connectivity index is 2.41. The lowest BCUT2D eigenvalue weighted by Gasteiger charge is -2.32. The molecule has 1 atom stereocenters. The second kappa shape index (κ2) is 11.0. The lowest BCUT2D eigenvalue weighted by atomic mass is 10.1. The van der Waals surface area contributed by atoms with Crippen molar-refractivity contribution in [2.24, 2.45) is 0 Å². The van der Waals surface area contributed by atoms with E-state index in [-0.39, 0.29) is 18.5 Å². The number of halogens is 1. The highest BCUT2D eigenvalue weighted by Gasteiger charge is 2.30. The fraction of sp³-hybridized carbons (Fsp3) is 0.417. The molecular formula is C24H32ClN3O4S. The van der Waals surface area contributed by atoms with Crippen LogP contribution in [0.3, 0.4) is 0 Å². The van der Waals surface area contributed by atoms with Crippen molar-refractivity contribution in [3.8, 4) is 0 Å². The largest absolute Gasteiger partial charge is 0.352 e. The van der Waals surface area contributed by atoms with Gasteiger partial charge in [0.1, 0.15) is 12.6 Å². The fourth-order valence-corrected chi connectivity index (χ4v) is 4.49. The fourth-order valence-electron chi connectivity index (χ4n) is 3.45. The van der Waals surface area contributed by atoms with Gasteiger partial charge in [-0.25, -0.2) is 8.42 Å². The zero-order valence-electron chi connectivity index (χ0n) is 19.9. The molecule has 0 aromatic heterocycles. The number of sulfonamides is 1. The molecule has 2 aromatic carbocycles. The molecule has 180 valence electrons. The normalized spacial score (nSPS) is 12.4. The van der Waals surface area contributed by atoms with E-state index in [0.29, 0.717) is 10.7 Å². The van der Waals surface area contributed by atoms with Crippen LogP contribution < -0.4 is 9.62 Å². The highest BCUT2D eigenvalue weighted by Crippen LogP contribution is 2.24. The standard InChI is InChI=1S/C24H32ClN3O4S/c1-16(2)26-24(30)19(5)27(14-20-8-10-21(25)11-9-20)23(29)15-28(33(6,31)32)22-12-7-17(3)13-18(22)4/h7-13,16,19H,14-15H2,1-6H3,(H,26,30)/t19-/m0/s1. The van der Waals surface area contributed by atoms with Gasteiger partial charge < -0.3 is 10.2 Å². The Morgan fingerprint density at radius 1 is 1.03 bits per heavy atom. The summed E-state index contributed by atoms with van der Waals surface area (Å²) in [5.74, 6) is -0.800. The van der Waals surface area contributed by atoms with Crippen molar-refractivity contribution < 1.29 is 18.0 Å². The smallest absolute Gasteiger partial charge is 0.244 e. The summed E-state index contributed by atoms with van der Waals surface area (Å²) in [5, 5.41) is 3.37. The van der Waals surface area contributed by atoms with Crippen molar-refractivity contribution in [3.63, 3.8) is 0 Å². The van der Waals surface area contributed by atoms with Crippen LogP contribution in [0.4, 0.5) is 5.69 Å². The average Bonchev–Trinajstić information content (AvgIpc) is 2.70. The maximum absolute atomic E-state index is 13.5. The Hall–Kier alpha value is -2.58. The van der Waals surface area contributed by atoms with Gasteiger partial charge >= 0.3 is 0 Å². The van der Waals surface area contributed by atoms with Gasteiger partial charge in [-0.2, -0.15) is 0 Å². The second-order valence-electron chi connectivity index (χ2n) is 8.55. The van der Waals surface area contributed by atoms with Crippen molar-refractivity contribution in [1.82, 2.24) is 10.2 Å². The maximum atomic E-state index is 13.5. The predicted molar refractivity (Wildman–Crippen MR) is 133 cm³/mol. The molecule has 0 unspecified atom stereocenters. The number of anilines is 1. The molecule has 2 rings (SSSR count). The highest BCUT2D eigenvalue weighted by atomic mass is 35.5. The third-order valence-electron chi connectivity index (χ3n) is 5.16. The van der Waals surface area contributed by atoms with Crippen LogP contribution in [0, 0.1) is 13.8 Å². The van der Waals surface area contributed by atoms with E-state index in [1.165, 1.54) is 4.90 Å². The van der Waals surface area contributed by atoms with E-state index in [4.69, 9.17) is 11.6 Å². The molecule has 0 bridgehead atoms. The monoisotopic (exact) mass is 493 g/mol. The van der Waals surface area contributed by atoms with Crippen molar-refractivity contribution in [2.45, 2.75) is 53.2 Å². The zero-order valence-corrected chi connectivity index (χ0v) is 21.5. The van der Waals surface area contributed by atoms with Gasteiger partial charge in [-0.1, -0.05) is 41.4 Å². The first-order chi connectivity index (χ1) is 15.3. The minimum absolute atomic E-state index is 0.102. The number of nitrogens with zero attached hydrogens (tertiary/aromatic N) is 2. The minimum Gasteiger partial charge on any atom is -0.352 e. The van der Waals surface area contributed by atoms with Gasteiger partial charge in [-0.15, -0.1) is 0 Å². The molecule has 33 heavy (non-hydrogen) atoms. The number of carbonyl (C=O) groups is 2. The molecule has 1 N–H and O–H groups in total. The molecule has 7 nitrogen and oxygen atoms in total. The molecule has 2 aromatic rings. The van der Waals surface area contributed by atoms with Crippen molar-refractivity contribution in [3.05, 3.63) is 64.2 Å². The first kappa shape index (κ1) is 26.7. The average molecular weight is 494 g/mol. The number of hydrogen-bond acceptors (Lipinski definition) is 4. The molecule has 9 heteroatoms. The van der Waals surface area contributed by atoms with Crippen molar-refractivity contribution >= 4 is 39.1 Å². The molecular weight excluding hydrogens is 462 g/mol. The molecule has 0 aliphatic heterocycles. The van der Waals surface area contributed by atoms with Crippen LogP contribution in [-0.4, -0.2) is 50.0 Å². The number of amides is 2. The van der Waals surface area contributed by atoms with E-state index in [0.717, 1.165) is 27.3 Å². The lowest BCUT2D eigenvalue weighted by molar-refractivity contribution is -0.139. The summed E-state index contributed by atoms with van der Waals surface area (Å²) in [6, 6.07) is 11.4. The van der Waals surface area contributed by atoms with Gasteiger partial charge in [0.2, 0.25) is 21.8 Å².